The van der Waals surface area contributed by atoms with Crippen LogP contribution in [0.3, 0.4) is 0 Å². The molecule has 0 aliphatic rings. The maximum Gasteiger partial charge on any atom is 0.167 e. The lowest BCUT2D eigenvalue weighted by molar-refractivity contribution is 0.113. The zero-order valence-corrected chi connectivity index (χ0v) is 13.6. The van der Waals surface area contributed by atoms with Crippen molar-refractivity contribution >= 4 is 11.0 Å². The third-order valence-corrected chi connectivity index (χ3v) is 3.77. The average molecular weight is 346 g/mol. The van der Waals surface area contributed by atoms with E-state index in [0.717, 1.165) is 5.56 Å². The Bertz CT molecular complexity index is 1060. The predicted octanol–water partition coefficient (Wildman–Crippen LogP) is 2.75. The summed E-state index contributed by atoms with van der Waals surface area (Å²) in [5.41, 5.74) is 3.24. The number of fused-ring (bicyclic) bond motifs is 1. The van der Waals surface area contributed by atoms with Crippen molar-refractivity contribution in [2.24, 2.45) is 0 Å². The topological polar surface area (TPSA) is 98.8 Å². The van der Waals surface area contributed by atoms with E-state index >= 15 is 0 Å². The van der Waals surface area contributed by atoms with Gasteiger partial charge in [0.1, 0.15) is 36.0 Å². The van der Waals surface area contributed by atoms with Crippen molar-refractivity contribution in [3.63, 3.8) is 0 Å². The van der Waals surface area contributed by atoms with Crippen LogP contribution in [-0.2, 0) is 0 Å². The van der Waals surface area contributed by atoms with Crippen molar-refractivity contribution in [2.75, 3.05) is 6.61 Å². The van der Waals surface area contributed by atoms with Gasteiger partial charge in [-0.25, -0.2) is 15.0 Å². The first-order valence-electron chi connectivity index (χ1n) is 7.82. The van der Waals surface area contributed by atoms with E-state index in [1.807, 2.05) is 30.3 Å². The summed E-state index contributed by atoms with van der Waals surface area (Å²) in [6.07, 6.45) is 4.48. The SMILES string of the molecule is C=CCOc1cc2nn(O)nc2c(-c2ccccc2)c1-c1ncncn1. The molecule has 0 radical (unpaired) electrons. The van der Waals surface area contributed by atoms with E-state index in [-0.39, 0.29) is 0 Å². The van der Waals surface area contributed by atoms with Gasteiger partial charge in [-0.15, -0.1) is 10.2 Å². The van der Waals surface area contributed by atoms with Crippen LogP contribution < -0.4 is 4.74 Å². The summed E-state index contributed by atoms with van der Waals surface area (Å²) in [5, 5.41) is 17.9. The number of rotatable bonds is 5. The first-order chi connectivity index (χ1) is 12.8. The maximum absolute atomic E-state index is 9.75. The molecular formula is C18H14N6O2. The molecule has 0 amide bonds. The average Bonchev–Trinajstić information content (AvgIpc) is 3.06. The molecule has 0 fully saturated rings. The summed E-state index contributed by atoms with van der Waals surface area (Å²) >= 11 is 0. The first kappa shape index (κ1) is 15.7. The Morgan fingerprint density at radius 2 is 1.85 bits per heavy atom. The molecule has 8 heteroatoms. The molecule has 2 aromatic carbocycles. The van der Waals surface area contributed by atoms with Crippen molar-refractivity contribution in [2.45, 2.75) is 0 Å². The molecule has 4 rings (SSSR count). The highest BCUT2D eigenvalue weighted by Crippen LogP contribution is 2.42. The Morgan fingerprint density at radius 3 is 2.58 bits per heavy atom. The number of benzene rings is 2. The zero-order chi connectivity index (χ0) is 17.9. The third-order valence-electron chi connectivity index (χ3n) is 3.77. The fourth-order valence-corrected chi connectivity index (χ4v) is 2.76. The highest BCUT2D eigenvalue weighted by molar-refractivity contribution is 6.02. The molecule has 0 aliphatic carbocycles. The number of nitrogens with zero attached hydrogens (tertiary/aromatic N) is 6. The van der Waals surface area contributed by atoms with Crippen LogP contribution in [0.5, 0.6) is 5.75 Å². The fraction of sp³-hybridized carbons (Fsp3) is 0.0556. The Labute approximate surface area is 148 Å². The molecule has 0 aliphatic heterocycles. The molecule has 0 unspecified atom stereocenters. The van der Waals surface area contributed by atoms with Gasteiger partial charge in [-0.2, -0.15) is 0 Å². The smallest absolute Gasteiger partial charge is 0.167 e. The molecule has 2 heterocycles. The highest BCUT2D eigenvalue weighted by Gasteiger charge is 2.22. The number of ether oxygens (including phenoxy) is 1. The van der Waals surface area contributed by atoms with Crippen molar-refractivity contribution < 1.29 is 9.94 Å². The van der Waals surface area contributed by atoms with Crippen LogP contribution in [0.2, 0.25) is 0 Å². The molecule has 0 atom stereocenters. The van der Waals surface area contributed by atoms with E-state index in [9.17, 15) is 5.21 Å². The van der Waals surface area contributed by atoms with Crippen molar-refractivity contribution in [1.29, 1.82) is 0 Å². The van der Waals surface area contributed by atoms with Crippen LogP contribution in [0.25, 0.3) is 33.5 Å². The molecule has 0 saturated carbocycles. The summed E-state index contributed by atoms with van der Waals surface area (Å²) in [5.74, 6) is 0.954. The quantitative estimate of drug-likeness (QED) is 0.438. The minimum atomic E-state index is 0.297. The summed E-state index contributed by atoms with van der Waals surface area (Å²) in [6.45, 7) is 3.98. The Kier molecular flexibility index (Phi) is 3.98. The summed E-state index contributed by atoms with van der Waals surface area (Å²) in [6, 6.07) is 11.3. The van der Waals surface area contributed by atoms with Crippen LogP contribution in [0.15, 0.2) is 61.7 Å². The van der Waals surface area contributed by atoms with Gasteiger partial charge in [-0.1, -0.05) is 43.0 Å². The van der Waals surface area contributed by atoms with Gasteiger partial charge in [-0.3, -0.25) is 0 Å². The van der Waals surface area contributed by atoms with Crippen LogP contribution >= 0.6 is 0 Å². The second-order valence-corrected chi connectivity index (χ2v) is 5.39. The molecule has 1 N–H and O–H groups in total. The molecule has 2 aromatic heterocycles. The van der Waals surface area contributed by atoms with Gasteiger partial charge in [0.05, 0.1) is 5.56 Å². The van der Waals surface area contributed by atoms with Gasteiger partial charge in [0, 0.05) is 11.6 Å². The zero-order valence-electron chi connectivity index (χ0n) is 13.6. The minimum Gasteiger partial charge on any atom is -0.489 e. The van der Waals surface area contributed by atoms with Crippen molar-refractivity contribution in [3.05, 3.63) is 61.7 Å². The van der Waals surface area contributed by atoms with Crippen molar-refractivity contribution in [1.82, 2.24) is 30.1 Å². The van der Waals surface area contributed by atoms with Crippen LogP contribution in [0.1, 0.15) is 0 Å². The van der Waals surface area contributed by atoms with Gasteiger partial charge >= 0.3 is 0 Å². The lowest BCUT2D eigenvalue weighted by atomic mass is 9.96. The summed E-state index contributed by atoms with van der Waals surface area (Å²) < 4.78 is 5.84. The highest BCUT2D eigenvalue weighted by atomic mass is 16.5. The van der Waals surface area contributed by atoms with Crippen LogP contribution in [-0.4, -0.2) is 41.9 Å². The Hall–Kier alpha value is -3.81. The van der Waals surface area contributed by atoms with E-state index in [4.69, 9.17) is 4.74 Å². The third kappa shape index (κ3) is 2.73. The molecule has 8 nitrogen and oxygen atoms in total. The molecule has 128 valence electrons. The van der Waals surface area contributed by atoms with Crippen molar-refractivity contribution in [3.8, 4) is 28.3 Å². The van der Waals surface area contributed by atoms with Gasteiger partial charge in [0.15, 0.2) is 5.82 Å². The van der Waals surface area contributed by atoms with E-state index in [0.29, 0.717) is 45.3 Å². The minimum absolute atomic E-state index is 0.297. The second-order valence-electron chi connectivity index (χ2n) is 5.39. The lowest BCUT2D eigenvalue weighted by Crippen LogP contribution is -2.00. The number of hydrogen-bond donors (Lipinski definition) is 1. The largest absolute Gasteiger partial charge is 0.489 e. The van der Waals surface area contributed by atoms with Gasteiger partial charge < -0.3 is 9.94 Å². The van der Waals surface area contributed by atoms with E-state index in [1.165, 1.54) is 12.7 Å². The monoisotopic (exact) mass is 346 g/mol. The lowest BCUT2D eigenvalue weighted by Gasteiger charge is -2.14. The van der Waals surface area contributed by atoms with E-state index in [1.54, 1.807) is 12.1 Å². The molecule has 26 heavy (non-hydrogen) atoms. The maximum atomic E-state index is 9.75. The van der Waals surface area contributed by atoms with E-state index < -0.39 is 0 Å². The second kappa shape index (κ2) is 6.60. The number of aromatic nitrogens is 6. The number of hydrogen-bond acceptors (Lipinski definition) is 7. The standard InChI is InChI=1S/C18H14N6O2/c1-2-8-26-14-9-13-17(23-24(25)22-13)15(12-6-4-3-5-7-12)16(14)18-20-10-19-11-21-18/h2-7,9-11,25H,1,8H2. The molecule has 0 saturated heterocycles. The normalized spacial score (nSPS) is 10.8. The Morgan fingerprint density at radius 1 is 1.08 bits per heavy atom. The van der Waals surface area contributed by atoms with Gasteiger partial charge in [-0.05, 0) is 10.5 Å². The van der Waals surface area contributed by atoms with Gasteiger partial charge in [0.25, 0.3) is 0 Å². The summed E-state index contributed by atoms with van der Waals surface area (Å²) in [7, 11) is 0. The van der Waals surface area contributed by atoms with Gasteiger partial charge in [0.2, 0.25) is 0 Å². The molecule has 4 aromatic rings. The molecular weight excluding hydrogens is 332 g/mol. The summed E-state index contributed by atoms with van der Waals surface area (Å²) in [4.78, 5) is 13.0. The van der Waals surface area contributed by atoms with E-state index in [2.05, 4.69) is 31.7 Å². The van der Waals surface area contributed by atoms with Crippen LogP contribution in [0, 0.1) is 0 Å². The molecule has 0 bridgehead atoms. The first-order valence-corrected chi connectivity index (χ1v) is 7.82. The fourth-order valence-electron chi connectivity index (χ4n) is 2.76. The molecule has 0 spiro atoms. The van der Waals surface area contributed by atoms with Crippen LogP contribution in [0.4, 0.5) is 0 Å². The Balaban J connectivity index is 2.11. The predicted molar refractivity (Wildman–Crippen MR) is 94.7 cm³/mol.